The van der Waals surface area contributed by atoms with Crippen molar-refractivity contribution >= 4 is 5.82 Å². The molecule has 1 aromatic heterocycles. The summed E-state index contributed by atoms with van der Waals surface area (Å²) in [5.74, 6) is 0.762. The molecule has 1 aromatic rings. The van der Waals surface area contributed by atoms with Crippen molar-refractivity contribution in [2.45, 2.75) is 44.3 Å². The van der Waals surface area contributed by atoms with Crippen molar-refractivity contribution in [3.8, 4) is 6.07 Å². The fraction of sp³-hybridized carbons (Fsp3) is 0.625. The second kappa shape index (κ2) is 5.63. The van der Waals surface area contributed by atoms with E-state index in [2.05, 4.69) is 16.0 Å². The van der Waals surface area contributed by atoms with Gasteiger partial charge in [0.15, 0.2) is 0 Å². The summed E-state index contributed by atoms with van der Waals surface area (Å²) < 4.78 is 5.92. The molecule has 3 heterocycles. The van der Waals surface area contributed by atoms with Gasteiger partial charge in [-0.3, -0.25) is 0 Å². The Morgan fingerprint density at radius 1 is 1.43 bits per heavy atom. The summed E-state index contributed by atoms with van der Waals surface area (Å²) in [6.45, 7) is 4.21. The molecule has 2 saturated heterocycles. The first-order chi connectivity index (χ1) is 10.1. The van der Waals surface area contributed by atoms with Crippen molar-refractivity contribution in [2.24, 2.45) is 0 Å². The monoisotopic (exact) mass is 287 g/mol. The van der Waals surface area contributed by atoms with Crippen molar-refractivity contribution in [2.75, 3.05) is 24.6 Å². The number of ether oxygens (including phenoxy) is 1. The highest BCUT2D eigenvalue weighted by molar-refractivity contribution is 5.54. The summed E-state index contributed by atoms with van der Waals surface area (Å²) in [5, 5.41) is 19.5. The smallest absolute Gasteiger partial charge is 0.146 e. The van der Waals surface area contributed by atoms with E-state index in [1.807, 2.05) is 19.1 Å². The lowest BCUT2D eigenvalue weighted by molar-refractivity contribution is -0.164. The molecule has 2 aliphatic rings. The Bertz CT molecular complexity index is 559. The first-order valence-corrected chi connectivity index (χ1v) is 7.59. The quantitative estimate of drug-likeness (QED) is 0.852. The second-order valence-corrected chi connectivity index (χ2v) is 5.99. The highest BCUT2D eigenvalue weighted by Gasteiger charge is 2.44. The van der Waals surface area contributed by atoms with Gasteiger partial charge in [0.1, 0.15) is 11.9 Å². The van der Waals surface area contributed by atoms with Crippen LogP contribution in [0.5, 0.6) is 0 Å². The average Bonchev–Trinajstić information content (AvgIpc) is 2.51. The molecule has 5 heteroatoms. The molecule has 0 aliphatic carbocycles. The summed E-state index contributed by atoms with van der Waals surface area (Å²) in [5.41, 5.74) is 1.14. The molecule has 0 radical (unpaired) electrons. The summed E-state index contributed by atoms with van der Waals surface area (Å²) in [6, 6.07) is 5.91. The van der Waals surface area contributed by atoms with Crippen molar-refractivity contribution in [1.82, 2.24) is 4.98 Å². The SMILES string of the molecule is Cc1ccc(C#N)c(N2CCC3(CC2)OCCCC3O)n1. The molecule has 3 rings (SSSR count). The largest absolute Gasteiger partial charge is 0.390 e. The van der Waals surface area contributed by atoms with Crippen LogP contribution in [0.4, 0.5) is 5.82 Å². The lowest BCUT2D eigenvalue weighted by Crippen LogP contribution is -2.55. The molecule has 0 bridgehead atoms. The highest BCUT2D eigenvalue weighted by atomic mass is 16.5. The van der Waals surface area contributed by atoms with Crippen LogP contribution in [0.1, 0.15) is 36.9 Å². The van der Waals surface area contributed by atoms with Gasteiger partial charge < -0.3 is 14.7 Å². The van der Waals surface area contributed by atoms with Crippen LogP contribution in [0.15, 0.2) is 12.1 Å². The van der Waals surface area contributed by atoms with E-state index in [9.17, 15) is 10.4 Å². The van der Waals surface area contributed by atoms with E-state index in [-0.39, 0.29) is 11.7 Å². The van der Waals surface area contributed by atoms with Gasteiger partial charge >= 0.3 is 0 Å². The number of aliphatic hydroxyl groups excluding tert-OH is 1. The molecule has 1 atom stereocenters. The van der Waals surface area contributed by atoms with E-state index in [0.717, 1.165) is 56.9 Å². The second-order valence-electron chi connectivity index (χ2n) is 5.99. The maximum atomic E-state index is 10.3. The van der Waals surface area contributed by atoms with Gasteiger partial charge in [-0.05, 0) is 44.7 Å². The zero-order valence-electron chi connectivity index (χ0n) is 12.4. The van der Waals surface area contributed by atoms with Crippen LogP contribution >= 0.6 is 0 Å². The summed E-state index contributed by atoms with van der Waals surface area (Å²) in [4.78, 5) is 6.66. The molecule has 2 fully saturated rings. The minimum Gasteiger partial charge on any atom is -0.390 e. The van der Waals surface area contributed by atoms with Crippen LogP contribution in [0.3, 0.4) is 0 Å². The number of aliphatic hydroxyl groups is 1. The Balaban J connectivity index is 1.77. The van der Waals surface area contributed by atoms with Crippen molar-refractivity contribution in [3.05, 3.63) is 23.4 Å². The van der Waals surface area contributed by atoms with Crippen LogP contribution < -0.4 is 4.90 Å². The molecule has 112 valence electrons. The number of hydrogen-bond donors (Lipinski definition) is 1. The molecule has 1 spiro atoms. The Kier molecular flexibility index (Phi) is 3.83. The summed E-state index contributed by atoms with van der Waals surface area (Å²) >= 11 is 0. The minimum atomic E-state index is -0.384. The maximum Gasteiger partial charge on any atom is 0.146 e. The normalized spacial score (nSPS) is 24.8. The Hall–Kier alpha value is -1.64. The van der Waals surface area contributed by atoms with Crippen LogP contribution in [0, 0.1) is 18.3 Å². The number of nitrogens with zero attached hydrogens (tertiary/aromatic N) is 3. The molecule has 0 amide bonds. The minimum absolute atomic E-state index is 0.366. The topological polar surface area (TPSA) is 69.4 Å². The molecular formula is C16H21N3O2. The molecule has 5 nitrogen and oxygen atoms in total. The van der Waals surface area contributed by atoms with Gasteiger partial charge in [-0.2, -0.15) is 5.26 Å². The van der Waals surface area contributed by atoms with E-state index in [1.165, 1.54) is 0 Å². The van der Waals surface area contributed by atoms with Gasteiger partial charge in [-0.25, -0.2) is 4.98 Å². The van der Waals surface area contributed by atoms with E-state index in [0.29, 0.717) is 5.56 Å². The molecule has 1 N–H and O–H groups in total. The van der Waals surface area contributed by atoms with Gasteiger partial charge in [0.25, 0.3) is 0 Å². The lowest BCUT2D eigenvalue weighted by atomic mass is 9.82. The number of nitriles is 1. The van der Waals surface area contributed by atoms with Gasteiger partial charge in [0.2, 0.25) is 0 Å². The van der Waals surface area contributed by atoms with E-state index < -0.39 is 0 Å². The molecular weight excluding hydrogens is 266 g/mol. The highest BCUT2D eigenvalue weighted by Crippen LogP contribution is 2.36. The average molecular weight is 287 g/mol. The number of hydrogen-bond acceptors (Lipinski definition) is 5. The van der Waals surface area contributed by atoms with Crippen LogP contribution in [0.2, 0.25) is 0 Å². The standard InChI is InChI=1S/C16H21N3O2/c1-12-4-5-13(11-17)15(18-12)19-8-6-16(7-9-19)14(20)3-2-10-21-16/h4-5,14,20H,2-3,6-10H2,1H3. The molecule has 2 aliphatic heterocycles. The molecule has 1 unspecified atom stereocenters. The van der Waals surface area contributed by atoms with E-state index in [4.69, 9.17) is 4.74 Å². The predicted octanol–water partition coefficient (Wildman–Crippen LogP) is 1.77. The van der Waals surface area contributed by atoms with Gasteiger partial charge in [0.05, 0.1) is 17.3 Å². The van der Waals surface area contributed by atoms with Gasteiger partial charge in [-0.15, -0.1) is 0 Å². The maximum absolute atomic E-state index is 10.3. The van der Waals surface area contributed by atoms with Crippen molar-refractivity contribution in [1.29, 1.82) is 5.26 Å². The predicted molar refractivity (Wildman–Crippen MR) is 79.1 cm³/mol. The van der Waals surface area contributed by atoms with Gasteiger partial charge in [0, 0.05) is 25.4 Å². The fourth-order valence-corrected chi connectivity index (χ4v) is 3.36. The number of anilines is 1. The number of aromatic nitrogens is 1. The summed E-state index contributed by atoms with van der Waals surface area (Å²) in [7, 11) is 0. The zero-order chi connectivity index (χ0) is 14.9. The number of aryl methyl sites for hydroxylation is 1. The lowest BCUT2D eigenvalue weighted by Gasteiger charge is -2.47. The first-order valence-electron chi connectivity index (χ1n) is 7.59. The Morgan fingerprint density at radius 3 is 2.86 bits per heavy atom. The Morgan fingerprint density at radius 2 is 2.19 bits per heavy atom. The number of rotatable bonds is 1. The first kappa shape index (κ1) is 14.3. The van der Waals surface area contributed by atoms with E-state index in [1.54, 1.807) is 0 Å². The number of piperidine rings is 1. The molecule has 0 aromatic carbocycles. The third-order valence-corrected chi connectivity index (χ3v) is 4.66. The van der Waals surface area contributed by atoms with Crippen LogP contribution in [-0.4, -0.2) is 41.5 Å². The van der Waals surface area contributed by atoms with Crippen LogP contribution in [0.25, 0.3) is 0 Å². The molecule has 0 saturated carbocycles. The van der Waals surface area contributed by atoms with Gasteiger partial charge in [-0.1, -0.05) is 0 Å². The van der Waals surface area contributed by atoms with E-state index >= 15 is 0 Å². The molecule has 21 heavy (non-hydrogen) atoms. The van der Waals surface area contributed by atoms with Crippen molar-refractivity contribution < 1.29 is 9.84 Å². The fourth-order valence-electron chi connectivity index (χ4n) is 3.36. The number of pyridine rings is 1. The zero-order valence-corrected chi connectivity index (χ0v) is 12.4. The summed E-state index contributed by atoms with van der Waals surface area (Å²) in [6.07, 6.45) is 2.97. The third-order valence-electron chi connectivity index (χ3n) is 4.66. The third kappa shape index (κ3) is 2.61. The van der Waals surface area contributed by atoms with Crippen LogP contribution in [-0.2, 0) is 4.74 Å². The van der Waals surface area contributed by atoms with Crippen molar-refractivity contribution in [3.63, 3.8) is 0 Å². The Labute approximate surface area is 125 Å².